The van der Waals surface area contributed by atoms with Crippen molar-refractivity contribution in [3.63, 3.8) is 0 Å². The molecule has 0 bridgehead atoms. The molecule has 2 rings (SSSR count). The van der Waals surface area contributed by atoms with E-state index in [1.165, 1.54) is 0 Å². The summed E-state index contributed by atoms with van der Waals surface area (Å²) >= 11 is 14.4. The molecule has 3 N–H and O–H groups in total. The summed E-state index contributed by atoms with van der Waals surface area (Å²) in [5, 5.41) is 3.88. The molecule has 92 valence electrons. The van der Waals surface area contributed by atoms with Crippen molar-refractivity contribution in [1.82, 2.24) is 0 Å². The van der Waals surface area contributed by atoms with Crippen molar-refractivity contribution in [2.24, 2.45) is 5.73 Å². The molecule has 0 amide bonds. The van der Waals surface area contributed by atoms with E-state index in [1.807, 2.05) is 42.5 Å². The van der Waals surface area contributed by atoms with Gasteiger partial charge in [-0.25, -0.2) is 0 Å². The van der Waals surface area contributed by atoms with Crippen LogP contribution in [0.4, 0.5) is 11.4 Å². The molecule has 5 heteroatoms. The molecule has 0 aliphatic carbocycles. The van der Waals surface area contributed by atoms with Gasteiger partial charge >= 0.3 is 0 Å². The molecular formula is C13H10BrClN2S. The first-order chi connectivity index (χ1) is 8.56. The number of rotatable bonds is 3. The van der Waals surface area contributed by atoms with E-state index in [4.69, 9.17) is 29.6 Å². The van der Waals surface area contributed by atoms with Crippen LogP contribution in [-0.2, 0) is 0 Å². The Hall–Kier alpha value is -1.10. The minimum absolute atomic E-state index is 0.392. The zero-order valence-electron chi connectivity index (χ0n) is 9.28. The second kappa shape index (κ2) is 5.69. The Bertz CT molecular complexity index is 584. The zero-order chi connectivity index (χ0) is 13.1. The maximum absolute atomic E-state index is 6.13. The lowest BCUT2D eigenvalue weighted by Crippen LogP contribution is -2.08. The van der Waals surface area contributed by atoms with E-state index >= 15 is 0 Å². The molecule has 0 aliphatic heterocycles. The highest BCUT2D eigenvalue weighted by Crippen LogP contribution is 2.28. The lowest BCUT2D eigenvalue weighted by molar-refractivity contribution is 1.52. The molecule has 0 radical (unpaired) electrons. The summed E-state index contributed by atoms with van der Waals surface area (Å²) in [6.45, 7) is 0. The Kier molecular flexibility index (Phi) is 4.22. The van der Waals surface area contributed by atoms with E-state index in [9.17, 15) is 0 Å². The number of hydrogen-bond acceptors (Lipinski definition) is 2. The van der Waals surface area contributed by atoms with Crippen molar-refractivity contribution >= 4 is 56.1 Å². The van der Waals surface area contributed by atoms with Crippen LogP contribution in [0.5, 0.6) is 0 Å². The third-order valence-electron chi connectivity index (χ3n) is 2.38. The van der Waals surface area contributed by atoms with Gasteiger partial charge < -0.3 is 11.1 Å². The van der Waals surface area contributed by atoms with Gasteiger partial charge in [-0.15, -0.1) is 0 Å². The topological polar surface area (TPSA) is 38.0 Å². The summed E-state index contributed by atoms with van der Waals surface area (Å²) < 4.78 is 0.946. The van der Waals surface area contributed by atoms with Gasteiger partial charge in [-0.05, 0) is 42.5 Å². The Balaban J connectivity index is 2.21. The van der Waals surface area contributed by atoms with Crippen LogP contribution >= 0.6 is 39.7 Å². The molecule has 0 heterocycles. The van der Waals surface area contributed by atoms with Gasteiger partial charge in [0.25, 0.3) is 0 Å². The number of thiocarbonyl (C=S) groups is 1. The second-order valence-corrected chi connectivity index (χ2v) is 5.45. The molecule has 2 nitrogen and oxygen atoms in total. The SMILES string of the molecule is NC(=S)c1ccc(Nc2ccc(Br)cc2Cl)cc1. The second-order valence-electron chi connectivity index (χ2n) is 3.69. The summed E-state index contributed by atoms with van der Waals surface area (Å²) in [6.07, 6.45) is 0. The lowest BCUT2D eigenvalue weighted by atomic mass is 10.2. The Morgan fingerprint density at radius 2 is 1.83 bits per heavy atom. The van der Waals surface area contributed by atoms with Crippen LogP contribution < -0.4 is 11.1 Å². The van der Waals surface area contributed by atoms with Gasteiger partial charge in [0.05, 0.1) is 10.7 Å². The molecule has 2 aromatic carbocycles. The van der Waals surface area contributed by atoms with Crippen LogP contribution in [0.25, 0.3) is 0 Å². The monoisotopic (exact) mass is 340 g/mol. The van der Waals surface area contributed by atoms with Crippen LogP contribution in [0.15, 0.2) is 46.9 Å². The third kappa shape index (κ3) is 3.22. The van der Waals surface area contributed by atoms with Gasteiger partial charge in [-0.1, -0.05) is 39.7 Å². The Labute approximate surface area is 124 Å². The van der Waals surface area contributed by atoms with Crippen molar-refractivity contribution in [3.05, 3.63) is 57.5 Å². The summed E-state index contributed by atoms with van der Waals surface area (Å²) in [4.78, 5) is 0.392. The van der Waals surface area contributed by atoms with Gasteiger partial charge in [0.2, 0.25) is 0 Å². The molecular weight excluding hydrogens is 332 g/mol. The molecule has 0 saturated carbocycles. The number of hydrogen-bond donors (Lipinski definition) is 2. The number of nitrogens with one attached hydrogen (secondary N) is 1. The highest BCUT2D eigenvalue weighted by Gasteiger charge is 2.02. The fraction of sp³-hybridized carbons (Fsp3) is 0. The lowest BCUT2D eigenvalue weighted by Gasteiger charge is -2.09. The van der Waals surface area contributed by atoms with E-state index in [0.29, 0.717) is 10.0 Å². The Morgan fingerprint density at radius 1 is 1.17 bits per heavy atom. The average Bonchev–Trinajstić information content (AvgIpc) is 2.33. The highest BCUT2D eigenvalue weighted by atomic mass is 79.9. The average molecular weight is 342 g/mol. The zero-order valence-corrected chi connectivity index (χ0v) is 12.4. The highest BCUT2D eigenvalue weighted by molar-refractivity contribution is 9.10. The third-order valence-corrected chi connectivity index (χ3v) is 3.42. The van der Waals surface area contributed by atoms with Crippen molar-refractivity contribution in [2.45, 2.75) is 0 Å². The molecule has 0 spiro atoms. The van der Waals surface area contributed by atoms with E-state index in [1.54, 1.807) is 0 Å². The minimum atomic E-state index is 0.392. The normalized spacial score (nSPS) is 10.1. The predicted molar refractivity (Wildman–Crippen MR) is 84.8 cm³/mol. The molecule has 0 saturated heterocycles. The minimum Gasteiger partial charge on any atom is -0.389 e. The van der Waals surface area contributed by atoms with Crippen LogP contribution in [0, 0.1) is 0 Å². The van der Waals surface area contributed by atoms with Crippen molar-refractivity contribution in [1.29, 1.82) is 0 Å². The van der Waals surface area contributed by atoms with Gasteiger partial charge in [0.15, 0.2) is 0 Å². The number of nitrogens with two attached hydrogens (primary N) is 1. The predicted octanol–water partition coefficient (Wildman–Crippen LogP) is 4.48. The molecule has 0 fully saturated rings. The quantitative estimate of drug-likeness (QED) is 0.808. The largest absolute Gasteiger partial charge is 0.389 e. The fourth-order valence-corrected chi connectivity index (χ4v) is 2.32. The summed E-state index contributed by atoms with van der Waals surface area (Å²) in [5.41, 5.74) is 8.17. The van der Waals surface area contributed by atoms with Crippen molar-refractivity contribution < 1.29 is 0 Å². The summed E-state index contributed by atoms with van der Waals surface area (Å²) in [7, 11) is 0. The number of anilines is 2. The van der Waals surface area contributed by atoms with E-state index in [-0.39, 0.29) is 0 Å². The standard InChI is InChI=1S/C13H10BrClN2S/c14-9-3-6-12(11(15)7-9)17-10-4-1-8(2-5-10)13(16)18/h1-7,17H,(H2,16,18). The maximum atomic E-state index is 6.13. The van der Waals surface area contributed by atoms with Crippen LogP contribution in [-0.4, -0.2) is 4.99 Å². The smallest absolute Gasteiger partial charge is 0.103 e. The van der Waals surface area contributed by atoms with E-state index < -0.39 is 0 Å². The first-order valence-electron chi connectivity index (χ1n) is 5.18. The van der Waals surface area contributed by atoms with Gasteiger partial charge in [0, 0.05) is 15.7 Å². The molecule has 0 atom stereocenters. The molecule has 0 aromatic heterocycles. The molecule has 18 heavy (non-hydrogen) atoms. The van der Waals surface area contributed by atoms with Crippen molar-refractivity contribution in [2.75, 3.05) is 5.32 Å². The van der Waals surface area contributed by atoms with Gasteiger partial charge in [-0.3, -0.25) is 0 Å². The van der Waals surface area contributed by atoms with Crippen LogP contribution in [0.3, 0.4) is 0 Å². The first-order valence-corrected chi connectivity index (χ1v) is 6.76. The van der Waals surface area contributed by atoms with Gasteiger partial charge in [0.1, 0.15) is 4.99 Å². The first kappa shape index (κ1) is 13.3. The maximum Gasteiger partial charge on any atom is 0.103 e. The van der Waals surface area contributed by atoms with Crippen LogP contribution in [0.2, 0.25) is 5.02 Å². The van der Waals surface area contributed by atoms with Gasteiger partial charge in [-0.2, -0.15) is 0 Å². The summed E-state index contributed by atoms with van der Waals surface area (Å²) in [6, 6.07) is 13.2. The number of halogens is 2. The van der Waals surface area contributed by atoms with Crippen LogP contribution in [0.1, 0.15) is 5.56 Å². The van der Waals surface area contributed by atoms with Crippen molar-refractivity contribution in [3.8, 4) is 0 Å². The Morgan fingerprint density at radius 3 is 2.39 bits per heavy atom. The summed E-state index contributed by atoms with van der Waals surface area (Å²) in [5.74, 6) is 0. The van der Waals surface area contributed by atoms with E-state index in [0.717, 1.165) is 21.4 Å². The molecule has 2 aromatic rings. The van der Waals surface area contributed by atoms with E-state index in [2.05, 4.69) is 21.2 Å². The fourth-order valence-electron chi connectivity index (χ4n) is 1.46. The molecule has 0 aliphatic rings. The number of benzene rings is 2. The molecule has 0 unspecified atom stereocenters.